The molecule has 0 spiro atoms. The number of hydrogen-bond acceptors (Lipinski definition) is 3. The quantitative estimate of drug-likeness (QED) is 0.417. The second-order valence-electron chi connectivity index (χ2n) is 9.07. The highest BCUT2D eigenvalue weighted by Gasteiger charge is 2.64. The number of carbonyl (C=O) groups excluding carboxylic acids is 1. The van der Waals surface area contributed by atoms with Gasteiger partial charge in [0.05, 0.1) is 6.21 Å². The third kappa shape index (κ3) is 3.95. The van der Waals surface area contributed by atoms with Crippen LogP contribution in [0, 0.1) is 17.3 Å². The minimum absolute atomic E-state index is 0.0639. The van der Waals surface area contributed by atoms with Gasteiger partial charge in [-0.1, -0.05) is 74.4 Å². The molecule has 0 bridgehead atoms. The Hall–Kier alpha value is -3.14. The van der Waals surface area contributed by atoms with Crippen LogP contribution < -0.4 is 10.2 Å². The van der Waals surface area contributed by atoms with Crippen molar-refractivity contribution in [2.24, 2.45) is 22.4 Å². The maximum absolute atomic E-state index is 12.6. The predicted octanol–water partition coefficient (Wildman–Crippen LogP) is 5.70. The molecule has 2 fully saturated rings. The highest BCUT2D eigenvalue weighted by molar-refractivity contribution is 5.86. The second-order valence-corrected chi connectivity index (χ2v) is 9.07. The lowest BCUT2D eigenvalue weighted by Gasteiger charge is -2.15. The predicted molar refractivity (Wildman–Crippen MR) is 124 cm³/mol. The average molecular weight is 413 g/mol. The van der Waals surface area contributed by atoms with E-state index >= 15 is 0 Å². The fourth-order valence-corrected chi connectivity index (χ4v) is 5.35. The monoisotopic (exact) mass is 412 g/mol. The van der Waals surface area contributed by atoms with Gasteiger partial charge in [0.15, 0.2) is 0 Å². The zero-order chi connectivity index (χ0) is 21.3. The Morgan fingerprint density at radius 2 is 1.97 bits per heavy atom. The van der Waals surface area contributed by atoms with Crippen LogP contribution in [-0.4, -0.2) is 12.1 Å². The summed E-state index contributed by atoms with van der Waals surface area (Å²) in [5.41, 5.74) is 5.02. The fraction of sp³-hybridized carbons (Fsp3) is 0.333. The van der Waals surface area contributed by atoms with Crippen molar-refractivity contribution < 1.29 is 9.53 Å². The summed E-state index contributed by atoms with van der Waals surface area (Å²) in [6.45, 7) is 2.75. The number of hydrogen-bond donors (Lipinski definition) is 1. The molecule has 2 aliphatic carbocycles. The van der Waals surface area contributed by atoms with Crippen LogP contribution in [0.25, 0.3) is 10.8 Å². The van der Waals surface area contributed by atoms with Crippen molar-refractivity contribution >= 4 is 22.9 Å². The highest BCUT2D eigenvalue weighted by atomic mass is 16.5. The standard InChI is InChI=1S/C27H28N2O2/c1-27-15-5-4-14-24(27)25(27)26(30)29-28-17-19-8-6-12-22(16-19)31-18-21-11-7-10-20-9-2-3-13-23(20)21/h2-3,6-13,16-17,24-25H,4-5,14-15,18H2,1H3,(H,29,30)/b28-17-/t24-,25+,27+/m1/s1. The van der Waals surface area contributed by atoms with E-state index in [4.69, 9.17) is 4.74 Å². The number of nitrogens with zero attached hydrogens (tertiary/aromatic N) is 1. The molecular weight excluding hydrogens is 384 g/mol. The minimum atomic E-state index is 0.0639. The molecule has 5 rings (SSSR count). The van der Waals surface area contributed by atoms with Crippen LogP contribution in [-0.2, 0) is 11.4 Å². The molecule has 0 saturated heterocycles. The summed E-state index contributed by atoms with van der Waals surface area (Å²) in [4.78, 5) is 12.6. The summed E-state index contributed by atoms with van der Waals surface area (Å²) in [7, 11) is 0. The molecule has 31 heavy (non-hydrogen) atoms. The first-order chi connectivity index (χ1) is 15.1. The molecule has 0 unspecified atom stereocenters. The molecule has 3 aromatic rings. The first-order valence-electron chi connectivity index (χ1n) is 11.2. The molecule has 0 aromatic heterocycles. The minimum Gasteiger partial charge on any atom is -0.489 e. The molecule has 4 nitrogen and oxygen atoms in total. The molecule has 2 saturated carbocycles. The van der Waals surface area contributed by atoms with Crippen LogP contribution in [0.15, 0.2) is 71.8 Å². The van der Waals surface area contributed by atoms with E-state index < -0.39 is 0 Å². The summed E-state index contributed by atoms with van der Waals surface area (Å²) in [5.74, 6) is 1.52. The van der Waals surface area contributed by atoms with Crippen molar-refractivity contribution in [2.75, 3.05) is 0 Å². The molecule has 158 valence electrons. The molecule has 3 aromatic carbocycles. The molecular formula is C27H28N2O2. The number of carbonyl (C=O) groups is 1. The van der Waals surface area contributed by atoms with Gasteiger partial charge in [-0.25, -0.2) is 5.43 Å². The smallest absolute Gasteiger partial charge is 0.244 e. The number of hydrazone groups is 1. The first kappa shape index (κ1) is 19.8. The molecule has 0 radical (unpaired) electrons. The van der Waals surface area contributed by atoms with Crippen LogP contribution in [0.1, 0.15) is 43.7 Å². The number of nitrogens with one attached hydrogen (secondary N) is 1. The largest absolute Gasteiger partial charge is 0.489 e. The van der Waals surface area contributed by atoms with Gasteiger partial charge >= 0.3 is 0 Å². The van der Waals surface area contributed by atoms with Crippen LogP contribution in [0.5, 0.6) is 5.75 Å². The SMILES string of the molecule is C[C@]12CCCC[C@@H]1[C@H]2C(=O)N/N=C\c1cccc(OCc2cccc3ccccc23)c1. The second kappa shape index (κ2) is 8.18. The van der Waals surface area contributed by atoms with Crippen LogP contribution >= 0.6 is 0 Å². The summed E-state index contributed by atoms with van der Waals surface area (Å²) in [5, 5.41) is 6.63. The number of benzene rings is 3. The van der Waals surface area contributed by atoms with E-state index in [2.05, 4.69) is 47.8 Å². The van der Waals surface area contributed by atoms with Crippen molar-refractivity contribution in [2.45, 2.75) is 39.2 Å². The number of fused-ring (bicyclic) bond motifs is 2. The number of rotatable bonds is 6. The molecule has 3 atom stereocenters. The molecule has 1 N–H and O–H groups in total. The van der Waals surface area contributed by atoms with Crippen molar-refractivity contribution in [1.29, 1.82) is 0 Å². The zero-order valence-corrected chi connectivity index (χ0v) is 17.9. The van der Waals surface area contributed by atoms with Crippen LogP contribution in [0.4, 0.5) is 0 Å². The van der Waals surface area contributed by atoms with E-state index in [1.54, 1.807) is 6.21 Å². The summed E-state index contributed by atoms with van der Waals surface area (Å²) in [6, 6.07) is 22.4. The maximum atomic E-state index is 12.6. The van der Waals surface area contributed by atoms with Gasteiger partial charge in [-0.2, -0.15) is 5.10 Å². The van der Waals surface area contributed by atoms with Crippen molar-refractivity contribution in [3.05, 3.63) is 77.9 Å². The van der Waals surface area contributed by atoms with Gasteiger partial charge in [0.2, 0.25) is 5.91 Å². The topological polar surface area (TPSA) is 50.7 Å². The van der Waals surface area contributed by atoms with Gasteiger partial charge in [0.25, 0.3) is 0 Å². The number of ether oxygens (including phenoxy) is 1. The highest BCUT2D eigenvalue weighted by Crippen LogP contribution is 2.66. The van der Waals surface area contributed by atoms with E-state index in [1.807, 2.05) is 36.4 Å². The van der Waals surface area contributed by atoms with Crippen molar-refractivity contribution in [1.82, 2.24) is 5.43 Å². The van der Waals surface area contributed by atoms with E-state index in [1.165, 1.54) is 30.0 Å². The van der Waals surface area contributed by atoms with E-state index in [0.29, 0.717) is 12.5 Å². The third-order valence-corrected chi connectivity index (χ3v) is 7.13. The summed E-state index contributed by atoms with van der Waals surface area (Å²) < 4.78 is 6.04. The molecule has 4 heteroatoms. The molecule has 1 amide bonds. The molecule has 2 aliphatic rings. The lowest BCUT2D eigenvalue weighted by atomic mass is 9.90. The van der Waals surface area contributed by atoms with E-state index in [0.717, 1.165) is 23.3 Å². The fourth-order valence-electron chi connectivity index (χ4n) is 5.35. The normalized spacial score (nSPS) is 24.7. The first-order valence-corrected chi connectivity index (χ1v) is 11.2. The Morgan fingerprint density at radius 3 is 2.84 bits per heavy atom. The van der Waals surface area contributed by atoms with Gasteiger partial charge in [0.1, 0.15) is 12.4 Å². The Morgan fingerprint density at radius 1 is 1.13 bits per heavy atom. The van der Waals surface area contributed by atoms with E-state index in [-0.39, 0.29) is 17.2 Å². The van der Waals surface area contributed by atoms with Gasteiger partial charge in [-0.05, 0) is 58.2 Å². The molecule has 0 heterocycles. The van der Waals surface area contributed by atoms with Crippen LogP contribution in [0.3, 0.4) is 0 Å². The Balaban J connectivity index is 1.20. The Bertz CT molecular complexity index is 1130. The Kier molecular flexibility index (Phi) is 5.23. The summed E-state index contributed by atoms with van der Waals surface area (Å²) in [6.07, 6.45) is 6.52. The lowest BCUT2D eigenvalue weighted by molar-refractivity contribution is -0.123. The zero-order valence-electron chi connectivity index (χ0n) is 17.9. The summed E-state index contributed by atoms with van der Waals surface area (Å²) >= 11 is 0. The average Bonchev–Trinajstić information content (AvgIpc) is 3.43. The van der Waals surface area contributed by atoms with E-state index in [9.17, 15) is 4.79 Å². The van der Waals surface area contributed by atoms with Crippen molar-refractivity contribution in [3.63, 3.8) is 0 Å². The van der Waals surface area contributed by atoms with Gasteiger partial charge in [0, 0.05) is 5.92 Å². The Labute approximate surface area is 183 Å². The van der Waals surface area contributed by atoms with Crippen molar-refractivity contribution in [3.8, 4) is 5.75 Å². The van der Waals surface area contributed by atoms with Gasteiger partial charge in [-0.15, -0.1) is 0 Å². The van der Waals surface area contributed by atoms with Gasteiger partial charge < -0.3 is 4.74 Å². The molecule has 0 aliphatic heterocycles. The van der Waals surface area contributed by atoms with Crippen LogP contribution in [0.2, 0.25) is 0 Å². The third-order valence-electron chi connectivity index (χ3n) is 7.13. The van der Waals surface area contributed by atoms with Gasteiger partial charge in [-0.3, -0.25) is 4.79 Å². The lowest BCUT2D eigenvalue weighted by Crippen LogP contribution is -2.22. The maximum Gasteiger partial charge on any atom is 0.244 e. The number of amides is 1.